The van der Waals surface area contributed by atoms with Gasteiger partial charge in [0, 0.05) is 24.8 Å². The number of piperidine rings is 1. The molecule has 7 heteroatoms. The summed E-state index contributed by atoms with van der Waals surface area (Å²) in [6.45, 7) is 1.80. The minimum atomic E-state index is -1.04. The molecule has 2 aromatic rings. The van der Waals surface area contributed by atoms with Crippen molar-refractivity contribution in [2.45, 2.75) is 44.6 Å². The van der Waals surface area contributed by atoms with E-state index >= 15 is 0 Å². The number of aromatic carboxylic acids is 1. The van der Waals surface area contributed by atoms with E-state index in [1.807, 2.05) is 6.33 Å². The molecular formula is C17H21N5O2. The van der Waals surface area contributed by atoms with Crippen molar-refractivity contribution >= 4 is 11.8 Å². The first-order valence-corrected chi connectivity index (χ1v) is 8.57. The van der Waals surface area contributed by atoms with Gasteiger partial charge in [-0.3, -0.25) is 0 Å². The fourth-order valence-electron chi connectivity index (χ4n) is 3.77. The van der Waals surface area contributed by atoms with E-state index < -0.39 is 5.97 Å². The lowest BCUT2D eigenvalue weighted by molar-refractivity contribution is 0.0690. The summed E-state index contributed by atoms with van der Waals surface area (Å²) >= 11 is 0. The molecule has 24 heavy (non-hydrogen) atoms. The van der Waals surface area contributed by atoms with E-state index in [2.05, 4.69) is 24.4 Å². The molecule has 126 valence electrons. The fraction of sp³-hybridized carbons (Fsp3) is 0.529. The van der Waals surface area contributed by atoms with Crippen molar-refractivity contribution in [1.29, 1.82) is 0 Å². The molecule has 2 aliphatic rings. The van der Waals surface area contributed by atoms with Gasteiger partial charge < -0.3 is 14.6 Å². The number of rotatable bonds is 3. The maximum atomic E-state index is 10.9. The van der Waals surface area contributed by atoms with Gasteiger partial charge in [-0.1, -0.05) is 0 Å². The smallest absolute Gasteiger partial charge is 0.356 e. The standard InChI is InChI=1S/C17H21N5O2/c23-17(24)14-9-19-16(10-18-14)21-7-5-12(6-8-21)22-11-20-13-3-1-2-4-15(13)22/h9-12H,1-8H2,(H,23,24). The molecule has 0 aromatic carbocycles. The van der Waals surface area contributed by atoms with Gasteiger partial charge >= 0.3 is 5.97 Å². The Kier molecular flexibility index (Phi) is 3.92. The van der Waals surface area contributed by atoms with Gasteiger partial charge in [0.15, 0.2) is 5.69 Å². The van der Waals surface area contributed by atoms with Crippen molar-refractivity contribution in [2.75, 3.05) is 18.0 Å². The zero-order valence-electron chi connectivity index (χ0n) is 13.6. The van der Waals surface area contributed by atoms with Gasteiger partial charge in [0.2, 0.25) is 0 Å². The van der Waals surface area contributed by atoms with E-state index in [0.717, 1.165) is 44.6 Å². The summed E-state index contributed by atoms with van der Waals surface area (Å²) in [7, 11) is 0. The normalized spacial score (nSPS) is 18.4. The zero-order chi connectivity index (χ0) is 16.5. The lowest BCUT2D eigenvalue weighted by atomic mass is 9.99. The van der Waals surface area contributed by atoms with E-state index in [0.29, 0.717) is 6.04 Å². The van der Waals surface area contributed by atoms with E-state index in [1.165, 1.54) is 30.4 Å². The molecule has 7 nitrogen and oxygen atoms in total. The first kappa shape index (κ1) is 15.1. The molecule has 0 amide bonds. The number of anilines is 1. The third kappa shape index (κ3) is 2.74. The molecule has 0 unspecified atom stereocenters. The van der Waals surface area contributed by atoms with Gasteiger partial charge in [0.25, 0.3) is 0 Å². The number of aromatic nitrogens is 4. The van der Waals surface area contributed by atoms with Gasteiger partial charge in [0.1, 0.15) is 5.82 Å². The maximum absolute atomic E-state index is 10.9. The average Bonchev–Trinajstić information content (AvgIpc) is 3.06. The van der Waals surface area contributed by atoms with Crippen LogP contribution in [0.1, 0.15) is 53.6 Å². The lowest BCUT2D eigenvalue weighted by Crippen LogP contribution is -2.35. The number of nitrogens with zero attached hydrogens (tertiary/aromatic N) is 5. The summed E-state index contributed by atoms with van der Waals surface area (Å²) in [5.41, 5.74) is 2.71. The van der Waals surface area contributed by atoms with Crippen molar-refractivity contribution in [3.8, 4) is 0 Å². The molecule has 3 heterocycles. The maximum Gasteiger partial charge on any atom is 0.356 e. The summed E-state index contributed by atoms with van der Waals surface area (Å²) in [4.78, 5) is 25.8. The average molecular weight is 327 g/mol. The minimum absolute atomic E-state index is 0.0151. The topological polar surface area (TPSA) is 84.1 Å². The summed E-state index contributed by atoms with van der Waals surface area (Å²) in [5.74, 6) is -0.288. The second-order valence-electron chi connectivity index (χ2n) is 6.54. The SMILES string of the molecule is O=C(O)c1cnc(N2CCC(n3cnc4c3CCCC4)CC2)cn1. The van der Waals surface area contributed by atoms with Crippen molar-refractivity contribution < 1.29 is 9.90 Å². The Balaban J connectivity index is 1.43. The van der Waals surface area contributed by atoms with Crippen LogP contribution in [0.25, 0.3) is 0 Å². The van der Waals surface area contributed by atoms with Gasteiger partial charge in [-0.15, -0.1) is 0 Å². The molecule has 1 aliphatic carbocycles. The predicted molar refractivity (Wildman–Crippen MR) is 88.3 cm³/mol. The largest absolute Gasteiger partial charge is 0.476 e. The van der Waals surface area contributed by atoms with Crippen LogP contribution >= 0.6 is 0 Å². The molecule has 1 N–H and O–H groups in total. The Morgan fingerprint density at radius 3 is 2.58 bits per heavy atom. The summed E-state index contributed by atoms with van der Waals surface area (Å²) in [5, 5.41) is 8.90. The summed E-state index contributed by atoms with van der Waals surface area (Å²) in [6.07, 6.45) is 11.8. The van der Waals surface area contributed by atoms with Crippen LogP contribution in [0.4, 0.5) is 5.82 Å². The second kappa shape index (κ2) is 6.22. The third-order valence-electron chi connectivity index (χ3n) is 5.10. The van der Waals surface area contributed by atoms with Crippen LogP contribution in [-0.4, -0.2) is 43.7 Å². The number of fused-ring (bicyclic) bond motifs is 1. The first-order valence-electron chi connectivity index (χ1n) is 8.57. The number of hydrogen-bond donors (Lipinski definition) is 1. The number of imidazole rings is 1. The van der Waals surface area contributed by atoms with Crippen LogP contribution < -0.4 is 4.90 Å². The Morgan fingerprint density at radius 1 is 1.08 bits per heavy atom. The van der Waals surface area contributed by atoms with Gasteiger partial charge in [-0.05, 0) is 38.5 Å². The van der Waals surface area contributed by atoms with Crippen LogP contribution in [0.5, 0.6) is 0 Å². The van der Waals surface area contributed by atoms with E-state index in [-0.39, 0.29) is 5.69 Å². The number of aryl methyl sites for hydroxylation is 1. The van der Waals surface area contributed by atoms with Crippen molar-refractivity contribution in [2.24, 2.45) is 0 Å². The molecular weight excluding hydrogens is 306 g/mol. The van der Waals surface area contributed by atoms with Crippen LogP contribution in [0, 0.1) is 0 Å². The molecule has 1 saturated heterocycles. The fourth-order valence-corrected chi connectivity index (χ4v) is 3.77. The molecule has 1 fully saturated rings. The highest BCUT2D eigenvalue weighted by atomic mass is 16.4. The van der Waals surface area contributed by atoms with Crippen LogP contribution in [0.2, 0.25) is 0 Å². The Hall–Kier alpha value is -2.44. The van der Waals surface area contributed by atoms with Crippen molar-refractivity contribution in [1.82, 2.24) is 19.5 Å². The van der Waals surface area contributed by atoms with Gasteiger partial charge in [-0.25, -0.2) is 19.7 Å². The molecule has 1 aliphatic heterocycles. The van der Waals surface area contributed by atoms with Crippen LogP contribution in [0.15, 0.2) is 18.7 Å². The molecule has 0 atom stereocenters. The minimum Gasteiger partial charge on any atom is -0.476 e. The van der Waals surface area contributed by atoms with Crippen molar-refractivity contribution in [3.05, 3.63) is 35.8 Å². The highest BCUT2D eigenvalue weighted by Gasteiger charge is 2.25. The molecule has 0 spiro atoms. The monoisotopic (exact) mass is 327 g/mol. The highest BCUT2D eigenvalue weighted by molar-refractivity contribution is 5.84. The van der Waals surface area contributed by atoms with E-state index in [4.69, 9.17) is 5.11 Å². The molecule has 0 saturated carbocycles. The van der Waals surface area contributed by atoms with Crippen molar-refractivity contribution in [3.63, 3.8) is 0 Å². The van der Waals surface area contributed by atoms with Crippen LogP contribution in [-0.2, 0) is 12.8 Å². The van der Waals surface area contributed by atoms with Crippen LogP contribution in [0.3, 0.4) is 0 Å². The molecule has 0 bridgehead atoms. The Bertz CT molecular complexity index is 732. The molecule has 0 radical (unpaired) electrons. The third-order valence-corrected chi connectivity index (χ3v) is 5.10. The van der Waals surface area contributed by atoms with E-state index in [9.17, 15) is 4.79 Å². The van der Waals surface area contributed by atoms with E-state index in [1.54, 1.807) is 6.20 Å². The Morgan fingerprint density at radius 2 is 1.88 bits per heavy atom. The predicted octanol–water partition coefficient (Wildman–Crippen LogP) is 2.09. The molecule has 4 rings (SSSR count). The summed E-state index contributed by atoms with van der Waals surface area (Å²) in [6, 6.07) is 0.502. The Labute approximate surface area is 140 Å². The van der Waals surface area contributed by atoms with Gasteiger partial charge in [0.05, 0.1) is 24.4 Å². The number of carbonyl (C=O) groups is 1. The number of carboxylic acids is 1. The quantitative estimate of drug-likeness (QED) is 0.929. The highest BCUT2D eigenvalue weighted by Crippen LogP contribution is 2.29. The number of hydrogen-bond acceptors (Lipinski definition) is 5. The molecule has 2 aromatic heterocycles. The second-order valence-corrected chi connectivity index (χ2v) is 6.54. The van der Waals surface area contributed by atoms with Gasteiger partial charge in [-0.2, -0.15) is 0 Å². The lowest BCUT2D eigenvalue weighted by Gasteiger charge is -2.34. The first-order chi connectivity index (χ1) is 11.7. The number of carboxylic acid groups (broad SMARTS) is 1. The zero-order valence-corrected chi connectivity index (χ0v) is 13.6. The summed E-state index contributed by atoms with van der Waals surface area (Å²) < 4.78 is 2.39.